The maximum absolute atomic E-state index is 5.72. The Labute approximate surface area is 107 Å². The predicted molar refractivity (Wildman–Crippen MR) is 72.9 cm³/mol. The van der Waals surface area contributed by atoms with Crippen LogP contribution in [-0.2, 0) is 15.3 Å². The molecular formula is C12H19BrO2Si. The van der Waals surface area contributed by atoms with Crippen LogP contribution in [0.25, 0.3) is 0 Å². The zero-order valence-electron chi connectivity index (χ0n) is 9.91. The fraction of sp³-hybridized carbons (Fsp3) is 0.500. The van der Waals surface area contributed by atoms with E-state index in [2.05, 4.69) is 39.6 Å². The summed E-state index contributed by atoms with van der Waals surface area (Å²) in [4.78, 5) is 0. The Balaban J connectivity index is 2.49. The highest BCUT2D eigenvalue weighted by Gasteiger charge is 2.33. The average Bonchev–Trinajstić information content (AvgIpc) is 2.29. The predicted octanol–water partition coefficient (Wildman–Crippen LogP) is 3.64. The van der Waals surface area contributed by atoms with E-state index in [9.17, 15) is 0 Å². The molecule has 16 heavy (non-hydrogen) atoms. The molecule has 0 fully saturated rings. The fourth-order valence-corrected chi connectivity index (χ4v) is 5.35. The second-order valence-corrected chi connectivity index (χ2v) is 9.53. The summed E-state index contributed by atoms with van der Waals surface area (Å²) in [6, 6.07) is 11.4. The third-order valence-corrected chi connectivity index (χ3v) is 7.12. The second-order valence-electron chi connectivity index (χ2n) is 3.51. The van der Waals surface area contributed by atoms with Gasteiger partial charge in [0.2, 0.25) is 0 Å². The van der Waals surface area contributed by atoms with Crippen LogP contribution in [0.1, 0.15) is 19.4 Å². The molecule has 2 nitrogen and oxygen atoms in total. The van der Waals surface area contributed by atoms with Crippen LogP contribution in [0, 0.1) is 0 Å². The molecule has 0 heterocycles. The van der Waals surface area contributed by atoms with E-state index in [4.69, 9.17) is 8.85 Å². The lowest BCUT2D eigenvalue weighted by atomic mass is 10.2. The van der Waals surface area contributed by atoms with E-state index >= 15 is 0 Å². The van der Waals surface area contributed by atoms with Crippen LogP contribution in [0.3, 0.4) is 0 Å². The van der Waals surface area contributed by atoms with Gasteiger partial charge in [-0.25, -0.2) is 0 Å². The normalized spacial score (nSPS) is 11.7. The van der Waals surface area contributed by atoms with Crippen molar-refractivity contribution in [3.05, 3.63) is 35.9 Å². The van der Waals surface area contributed by atoms with Crippen molar-refractivity contribution in [2.24, 2.45) is 0 Å². The van der Waals surface area contributed by atoms with Gasteiger partial charge in [0.05, 0.1) is 0 Å². The lowest BCUT2D eigenvalue weighted by Gasteiger charge is -2.23. The maximum atomic E-state index is 5.72. The molecule has 0 aliphatic rings. The van der Waals surface area contributed by atoms with Crippen molar-refractivity contribution in [2.45, 2.75) is 26.3 Å². The van der Waals surface area contributed by atoms with E-state index in [1.807, 2.05) is 19.9 Å². The Bertz CT molecular complexity index is 286. The zero-order chi connectivity index (χ0) is 11.9. The Morgan fingerprint density at radius 1 is 1.06 bits per heavy atom. The van der Waals surface area contributed by atoms with E-state index in [0.717, 1.165) is 12.5 Å². The maximum Gasteiger partial charge on any atom is 0.414 e. The molecule has 0 saturated carbocycles. The minimum absolute atomic E-state index is 0.701. The Morgan fingerprint density at radius 3 is 2.12 bits per heavy atom. The summed E-state index contributed by atoms with van der Waals surface area (Å²) in [5.74, 6) is 0. The highest BCUT2D eigenvalue weighted by molar-refractivity contribution is 9.25. The van der Waals surface area contributed by atoms with E-state index < -0.39 is 7.18 Å². The summed E-state index contributed by atoms with van der Waals surface area (Å²) in [7, 11) is -2.12. The lowest BCUT2D eigenvalue weighted by Crippen LogP contribution is -2.35. The van der Waals surface area contributed by atoms with Gasteiger partial charge in [0.15, 0.2) is 0 Å². The topological polar surface area (TPSA) is 18.5 Å². The molecule has 0 spiro atoms. The summed E-state index contributed by atoms with van der Waals surface area (Å²) in [6.07, 6.45) is 0.998. The first-order valence-electron chi connectivity index (χ1n) is 5.71. The molecule has 1 rings (SSSR count). The zero-order valence-corrected chi connectivity index (χ0v) is 12.5. The van der Waals surface area contributed by atoms with Gasteiger partial charge in [-0.15, -0.1) is 0 Å². The summed E-state index contributed by atoms with van der Waals surface area (Å²) in [5, 5.41) is 0. The molecule has 90 valence electrons. The molecule has 0 amide bonds. The Kier molecular flexibility index (Phi) is 6.27. The quantitative estimate of drug-likeness (QED) is 0.565. The molecule has 0 N–H and O–H groups in total. The van der Waals surface area contributed by atoms with Crippen LogP contribution in [0.4, 0.5) is 0 Å². The van der Waals surface area contributed by atoms with Gasteiger partial charge in [0.25, 0.3) is 0 Å². The lowest BCUT2D eigenvalue weighted by molar-refractivity contribution is 0.207. The van der Waals surface area contributed by atoms with Crippen molar-refractivity contribution >= 4 is 22.5 Å². The van der Waals surface area contributed by atoms with Gasteiger partial charge in [0.1, 0.15) is 0 Å². The van der Waals surface area contributed by atoms with E-state index in [-0.39, 0.29) is 0 Å². The third-order valence-electron chi connectivity index (χ3n) is 2.27. The number of aryl methyl sites for hydroxylation is 1. The first kappa shape index (κ1) is 13.9. The SMILES string of the molecule is CCO[Si](Br)(CCc1ccccc1)OCC. The van der Waals surface area contributed by atoms with Crippen molar-refractivity contribution in [3.63, 3.8) is 0 Å². The van der Waals surface area contributed by atoms with Gasteiger partial charge in [-0.1, -0.05) is 45.6 Å². The molecule has 0 atom stereocenters. The van der Waals surface area contributed by atoms with Gasteiger partial charge in [-0.05, 0) is 25.8 Å². The third kappa shape index (κ3) is 4.78. The minimum Gasteiger partial charge on any atom is -0.387 e. The fourth-order valence-electron chi connectivity index (χ4n) is 1.56. The van der Waals surface area contributed by atoms with Gasteiger partial charge >= 0.3 is 7.18 Å². The van der Waals surface area contributed by atoms with Crippen LogP contribution < -0.4 is 0 Å². The van der Waals surface area contributed by atoms with Gasteiger partial charge in [-0.2, -0.15) is 0 Å². The standard InChI is InChI=1S/C12H19BrO2Si/c1-3-14-16(13,15-4-2)11-10-12-8-6-5-7-9-12/h5-9H,3-4,10-11H2,1-2H3. The monoisotopic (exact) mass is 302 g/mol. The molecule has 0 aromatic heterocycles. The highest BCUT2D eigenvalue weighted by Crippen LogP contribution is 2.23. The summed E-state index contributed by atoms with van der Waals surface area (Å²) in [5.41, 5.74) is 1.33. The van der Waals surface area contributed by atoms with Crippen molar-refractivity contribution in [3.8, 4) is 0 Å². The van der Waals surface area contributed by atoms with E-state index in [1.54, 1.807) is 0 Å². The first-order chi connectivity index (χ1) is 7.70. The van der Waals surface area contributed by atoms with Gasteiger partial charge in [0, 0.05) is 19.3 Å². The van der Waals surface area contributed by atoms with Crippen molar-refractivity contribution < 1.29 is 8.85 Å². The molecule has 0 radical (unpaired) electrons. The van der Waals surface area contributed by atoms with Crippen molar-refractivity contribution in [1.82, 2.24) is 0 Å². The highest BCUT2D eigenvalue weighted by atomic mass is 79.9. The van der Waals surface area contributed by atoms with Crippen LogP contribution in [0.2, 0.25) is 6.04 Å². The molecule has 0 aliphatic carbocycles. The summed E-state index contributed by atoms with van der Waals surface area (Å²) >= 11 is 3.66. The number of hydrogen-bond donors (Lipinski definition) is 0. The summed E-state index contributed by atoms with van der Waals surface area (Å²) < 4.78 is 11.4. The van der Waals surface area contributed by atoms with E-state index in [0.29, 0.717) is 13.2 Å². The Morgan fingerprint density at radius 2 is 1.62 bits per heavy atom. The molecule has 1 aromatic carbocycles. The number of rotatable bonds is 7. The minimum atomic E-state index is -2.12. The summed E-state index contributed by atoms with van der Waals surface area (Å²) in [6.45, 7) is 5.41. The smallest absolute Gasteiger partial charge is 0.387 e. The average molecular weight is 303 g/mol. The number of benzene rings is 1. The van der Waals surface area contributed by atoms with Gasteiger partial charge in [-0.3, -0.25) is 0 Å². The molecule has 0 saturated heterocycles. The molecule has 1 aromatic rings. The molecule has 0 unspecified atom stereocenters. The number of halogens is 1. The second kappa shape index (κ2) is 7.22. The van der Waals surface area contributed by atoms with Crippen molar-refractivity contribution in [2.75, 3.05) is 13.2 Å². The molecule has 4 heteroatoms. The van der Waals surface area contributed by atoms with Crippen LogP contribution in [-0.4, -0.2) is 20.4 Å². The first-order valence-corrected chi connectivity index (χ1v) is 9.99. The van der Waals surface area contributed by atoms with E-state index in [1.165, 1.54) is 5.56 Å². The molecular weight excluding hydrogens is 284 g/mol. The molecule has 0 bridgehead atoms. The number of hydrogen-bond acceptors (Lipinski definition) is 2. The Hall–Kier alpha value is -0.163. The van der Waals surface area contributed by atoms with Crippen LogP contribution in [0.15, 0.2) is 30.3 Å². The van der Waals surface area contributed by atoms with Gasteiger partial charge < -0.3 is 8.85 Å². The van der Waals surface area contributed by atoms with Crippen LogP contribution in [0.5, 0.6) is 0 Å². The molecule has 0 aliphatic heterocycles. The largest absolute Gasteiger partial charge is 0.414 e. The van der Waals surface area contributed by atoms with Crippen molar-refractivity contribution in [1.29, 1.82) is 0 Å². The van der Waals surface area contributed by atoms with Crippen LogP contribution >= 0.6 is 15.3 Å².